The van der Waals surface area contributed by atoms with Crippen molar-refractivity contribution in [3.05, 3.63) is 16.8 Å². The van der Waals surface area contributed by atoms with E-state index in [2.05, 4.69) is 23.8 Å². The van der Waals surface area contributed by atoms with Crippen molar-refractivity contribution in [3.8, 4) is 0 Å². The fourth-order valence-electron chi connectivity index (χ4n) is 4.00. The Balaban J connectivity index is 1.75. The zero-order valence-electron chi connectivity index (χ0n) is 14.5. The van der Waals surface area contributed by atoms with Crippen molar-refractivity contribution in [2.75, 3.05) is 18.0 Å². The van der Waals surface area contributed by atoms with Crippen LogP contribution in [-0.2, 0) is 4.79 Å². The van der Waals surface area contributed by atoms with Gasteiger partial charge < -0.3 is 15.1 Å². The largest absolute Gasteiger partial charge is 0.481 e. The lowest BCUT2D eigenvalue weighted by Gasteiger charge is -2.44. The van der Waals surface area contributed by atoms with Crippen LogP contribution < -0.4 is 4.90 Å². The van der Waals surface area contributed by atoms with Crippen LogP contribution in [0.1, 0.15) is 36.1 Å². The predicted octanol–water partition coefficient (Wildman–Crippen LogP) is 2.75. The molecule has 2 aliphatic rings. The Morgan fingerprint density at radius 1 is 1.36 bits per heavy atom. The molecule has 1 saturated carbocycles. The fourth-order valence-corrected chi connectivity index (χ4v) is 4.99. The van der Waals surface area contributed by atoms with E-state index in [-0.39, 0.29) is 0 Å². The Bertz CT molecular complexity index is 832. The number of hydrogen-bond donors (Lipinski definition) is 2. The molecule has 7 heteroatoms. The summed E-state index contributed by atoms with van der Waals surface area (Å²) in [5.74, 6) is 0.349. The van der Waals surface area contributed by atoms with Crippen molar-refractivity contribution in [1.29, 1.82) is 0 Å². The van der Waals surface area contributed by atoms with Gasteiger partial charge in [0.05, 0.1) is 11.5 Å². The number of aryl methyl sites for hydroxylation is 2. The highest BCUT2D eigenvalue weighted by Crippen LogP contribution is 2.46. The number of thiophene rings is 1. The number of aliphatic hydroxyl groups excluding tert-OH is 1. The number of fused-ring (bicyclic) bond motifs is 1. The van der Waals surface area contributed by atoms with Crippen LogP contribution in [0.4, 0.5) is 5.82 Å². The van der Waals surface area contributed by atoms with Gasteiger partial charge in [-0.1, -0.05) is 12.8 Å². The summed E-state index contributed by atoms with van der Waals surface area (Å²) in [7, 11) is 0. The summed E-state index contributed by atoms with van der Waals surface area (Å²) in [6.07, 6.45) is 3.90. The second-order valence-electron chi connectivity index (χ2n) is 7.50. The molecule has 0 spiro atoms. The highest BCUT2D eigenvalue weighted by molar-refractivity contribution is 7.18. The van der Waals surface area contributed by atoms with Gasteiger partial charge in [0.1, 0.15) is 22.4 Å². The van der Waals surface area contributed by atoms with E-state index < -0.39 is 17.5 Å². The number of carbonyl (C=O) groups is 1. The molecule has 0 unspecified atom stereocenters. The van der Waals surface area contributed by atoms with E-state index in [9.17, 15) is 15.0 Å². The first-order valence-electron chi connectivity index (χ1n) is 8.79. The van der Waals surface area contributed by atoms with Crippen molar-refractivity contribution >= 4 is 33.3 Å². The quantitative estimate of drug-likeness (QED) is 0.871. The molecule has 0 bridgehead atoms. The van der Waals surface area contributed by atoms with Gasteiger partial charge in [-0.05, 0) is 38.2 Å². The first kappa shape index (κ1) is 16.7. The lowest BCUT2D eigenvalue weighted by molar-refractivity contribution is -0.158. The maximum atomic E-state index is 12.1. The number of aliphatic hydroxyl groups is 1. The standard InChI is InChI=1S/C18H23N3O3S/c1-10-11(2)25-16-14(10)15(19-9-20-16)21-6-5-13(22)18(8-21,17(23)24)7-12-3-4-12/h9,12-13,22H,3-8H2,1-2H3,(H,23,24)/t13-,18-/m0/s1. The van der Waals surface area contributed by atoms with Gasteiger partial charge in [-0.3, -0.25) is 4.79 Å². The van der Waals surface area contributed by atoms with E-state index in [1.165, 1.54) is 4.88 Å². The van der Waals surface area contributed by atoms with Crippen LogP contribution in [0.3, 0.4) is 0 Å². The normalized spacial score (nSPS) is 27.0. The molecule has 1 saturated heterocycles. The molecular formula is C18H23N3O3S. The second kappa shape index (κ2) is 5.92. The number of hydrogen-bond acceptors (Lipinski definition) is 6. The third-order valence-electron chi connectivity index (χ3n) is 5.80. The predicted molar refractivity (Wildman–Crippen MR) is 97.1 cm³/mol. The van der Waals surface area contributed by atoms with Gasteiger partial charge in [0.25, 0.3) is 0 Å². The van der Waals surface area contributed by atoms with E-state index in [4.69, 9.17) is 0 Å². The second-order valence-corrected chi connectivity index (χ2v) is 8.70. The van der Waals surface area contributed by atoms with Crippen molar-refractivity contribution in [2.45, 2.75) is 45.6 Å². The molecule has 0 aromatic carbocycles. The number of aliphatic carboxylic acids is 1. The zero-order chi connectivity index (χ0) is 17.8. The van der Waals surface area contributed by atoms with Gasteiger partial charge in [0.15, 0.2) is 0 Å². The van der Waals surface area contributed by atoms with Gasteiger partial charge in [0, 0.05) is 18.0 Å². The smallest absolute Gasteiger partial charge is 0.314 e. The lowest BCUT2D eigenvalue weighted by atomic mass is 9.73. The molecule has 1 aliphatic heterocycles. The number of piperidine rings is 1. The molecule has 2 fully saturated rings. The van der Waals surface area contributed by atoms with Gasteiger partial charge in [-0.2, -0.15) is 0 Å². The monoisotopic (exact) mass is 361 g/mol. The minimum absolute atomic E-state index is 0.306. The summed E-state index contributed by atoms with van der Waals surface area (Å²) in [5.41, 5.74) is 0.0557. The van der Waals surface area contributed by atoms with E-state index in [1.807, 2.05) is 4.90 Å². The number of aromatic nitrogens is 2. The Morgan fingerprint density at radius 2 is 2.12 bits per heavy atom. The van der Waals surface area contributed by atoms with Gasteiger partial charge in [-0.25, -0.2) is 9.97 Å². The van der Waals surface area contributed by atoms with Gasteiger partial charge in [-0.15, -0.1) is 11.3 Å². The number of carboxylic acids is 1. The Morgan fingerprint density at radius 3 is 2.80 bits per heavy atom. The summed E-state index contributed by atoms with van der Waals surface area (Å²) in [4.78, 5) is 25.2. The first-order chi connectivity index (χ1) is 11.9. The minimum atomic E-state index is -1.10. The van der Waals surface area contributed by atoms with Crippen molar-refractivity contribution in [1.82, 2.24) is 9.97 Å². The molecule has 3 heterocycles. The summed E-state index contributed by atoms with van der Waals surface area (Å²) < 4.78 is 0. The van der Waals surface area contributed by atoms with Crippen molar-refractivity contribution in [2.24, 2.45) is 11.3 Å². The van der Waals surface area contributed by atoms with E-state index in [0.29, 0.717) is 31.8 Å². The van der Waals surface area contributed by atoms with Crippen LogP contribution in [0.5, 0.6) is 0 Å². The van der Waals surface area contributed by atoms with Crippen molar-refractivity contribution in [3.63, 3.8) is 0 Å². The number of rotatable bonds is 4. The number of anilines is 1. The van der Waals surface area contributed by atoms with Crippen LogP contribution in [0.25, 0.3) is 10.2 Å². The molecule has 2 aromatic heterocycles. The lowest BCUT2D eigenvalue weighted by Crippen LogP contribution is -2.56. The first-order valence-corrected chi connectivity index (χ1v) is 9.61. The highest BCUT2D eigenvalue weighted by Gasteiger charge is 2.52. The maximum absolute atomic E-state index is 12.1. The topological polar surface area (TPSA) is 86.5 Å². The summed E-state index contributed by atoms with van der Waals surface area (Å²) in [6, 6.07) is 0. The number of nitrogens with zero attached hydrogens (tertiary/aromatic N) is 3. The van der Waals surface area contributed by atoms with Crippen LogP contribution in [0, 0.1) is 25.2 Å². The molecule has 0 radical (unpaired) electrons. The average molecular weight is 361 g/mol. The molecule has 25 heavy (non-hydrogen) atoms. The minimum Gasteiger partial charge on any atom is -0.481 e. The molecule has 6 nitrogen and oxygen atoms in total. The Kier molecular flexibility index (Phi) is 3.96. The Hall–Kier alpha value is -1.73. The van der Waals surface area contributed by atoms with Crippen LogP contribution in [0.2, 0.25) is 0 Å². The third-order valence-corrected chi connectivity index (χ3v) is 6.92. The third kappa shape index (κ3) is 2.69. The van der Waals surface area contributed by atoms with Crippen molar-refractivity contribution < 1.29 is 15.0 Å². The van der Waals surface area contributed by atoms with E-state index in [1.54, 1.807) is 17.7 Å². The molecule has 1 aliphatic carbocycles. The fraction of sp³-hybridized carbons (Fsp3) is 0.611. The van der Waals surface area contributed by atoms with Crippen LogP contribution >= 0.6 is 11.3 Å². The summed E-state index contributed by atoms with van der Waals surface area (Å²) in [5, 5.41) is 21.5. The average Bonchev–Trinajstić information content (AvgIpc) is 3.34. The zero-order valence-corrected chi connectivity index (χ0v) is 15.3. The Labute approximate surface area is 150 Å². The summed E-state index contributed by atoms with van der Waals surface area (Å²) in [6.45, 7) is 5.05. The molecular weight excluding hydrogens is 338 g/mol. The summed E-state index contributed by atoms with van der Waals surface area (Å²) >= 11 is 1.64. The molecule has 4 rings (SSSR count). The van der Waals surface area contributed by atoms with E-state index in [0.717, 1.165) is 34.4 Å². The maximum Gasteiger partial charge on any atom is 0.314 e. The molecule has 2 aromatic rings. The van der Waals surface area contributed by atoms with Crippen LogP contribution in [-0.4, -0.2) is 45.3 Å². The molecule has 134 valence electrons. The molecule has 2 atom stereocenters. The van der Waals surface area contributed by atoms with Crippen LogP contribution in [0.15, 0.2) is 6.33 Å². The van der Waals surface area contributed by atoms with Gasteiger partial charge >= 0.3 is 5.97 Å². The van der Waals surface area contributed by atoms with Gasteiger partial charge in [0.2, 0.25) is 0 Å². The SMILES string of the molecule is Cc1sc2ncnc(N3CC[C@H](O)[C@@](CC4CC4)(C(=O)O)C3)c2c1C. The number of carboxylic acid groups (broad SMARTS) is 1. The highest BCUT2D eigenvalue weighted by atomic mass is 32.1. The molecule has 2 N–H and O–H groups in total. The van der Waals surface area contributed by atoms with E-state index >= 15 is 0 Å². The molecule has 0 amide bonds.